The monoisotopic (exact) mass is 321 g/mol. The van der Waals surface area contributed by atoms with E-state index in [1.807, 2.05) is 22.3 Å². The van der Waals surface area contributed by atoms with Gasteiger partial charge in [-0.15, -0.1) is 11.3 Å². The summed E-state index contributed by atoms with van der Waals surface area (Å²) in [4.78, 5) is 13.0. The molecule has 3 heterocycles. The molecule has 1 aliphatic heterocycles. The van der Waals surface area contributed by atoms with Gasteiger partial charge in [-0.3, -0.25) is 9.48 Å². The molecule has 1 amide bonds. The number of carbonyl (C=O) groups is 1. The molecule has 0 aliphatic carbocycles. The van der Waals surface area contributed by atoms with Crippen LogP contribution in [0, 0.1) is 0 Å². The number of ether oxygens (including phenoxy) is 2. The summed E-state index contributed by atoms with van der Waals surface area (Å²) in [5.41, 5.74) is 1.59. The van der Waals surface area contributed by atoms with Crippen LogP contribution in [0.25, 0.3) is 0 Å². The predicted octanol–water partition coefficient (Wildman–Crippen LogP) is 2.52. The molecule has 1 saturated heterocycles. The summed E-state index contributed by atoms with van der Waals surface area (Å²) in [7, 11) is 1.62. The minimum atomic E-state index is -0.126. The molecule has 1 atom stereocenters. The highest BCUT2D eigenvalue weighted by Crippen LogP contribution is 2.20. The molecule has 22 heavy (non-hydrogen) atoms. The lowest BCUT2D eigenvalue weighted by molar-refractivity contribution is 0.0940. The number of carbonyl (C=O) groups excluding carboxylic acids is 1. The molecule has 0 bridgehead atoms. The highest BCUT2D eigenvalue weighted by atomic mass is 32.1. The molecule has 1 N–H and O–H groups in total. The van der Waals surface area contributed by atoms with Crippen LogP contribution in [-0.4, -0.2) is 35.5 Å². The van der Waals surface area contributed by atoms with E-state index in [9.17, 15) is 4.79 Å². The summed E-state index contributed by atoms with van der Waals surface area (Å²) in [6.45, 7) is 1.99. The van der Waals surface area contributed by atoms with Crippen molar-refractivity contribution < 1.29 is 14.3 Å². The first-order chi connectivity index (χ1) is 10.8. The quantitative estimate of drug-likeness (QED) is 0.888. The maximum atomic E-state index is 12.3. The Labute approximate surface area is 133 Å². The van der Waals surface area contributed by atoms with E-state index in [0.717, 1.165) is 31.6 Å². The fraction of sp³-hybridized carbons (Fsp3) is 0.467. The summed E-state index contributed by atoms with van der Waals surface area (Å²) >= 11 is 1.41. The standard InChI is InChI=1S/C15H19N3O3S/c1-20-10-11-4-6-22-14(11)15(19)17-12-7-16-18(8-12)9-13-3-2-5-21-13/h4,6-8,13H,2-3,5,9-10H2,1H3,(H,17,19). The second-order valence-electron chi connectivity index (χ2n) is 5.25. The third-order valence-electron chi connectivity index (χ3n) is 3.56. The van der Waals surface area contributed by atoms with E-state index in [-0.39, 0.29) is 12.0 Å². The summed E-state index contributed by atoms with van der Waals surface area (Å²) in [6.07, 6.45) is 5.90. The van der Waals surface area contributed by atoms with E-state index >= 15 is 0 Å². The SMILES string of the molecule is COCc1ccsc1C(=O)Nc1cnn(CC2CCCO2)c1. The van der Waals surface area contributed by atoms with Gasteiger partial charge in [0, 0.05) is 25.5 Å². The number of hydrogen-bond acceptors (Lipinski definition) is 5. The lowest BCUT2D eigenvalue weighted by atomic mass is 10.2. The van der Waals surface area contributed by atoms with Crippen LogP contribution in [0.15, 0.2) is 23.8 Å². The maximum Gasteiger partial charge on any atom is 0.266 e. The number of amides is 1. The fourth-order valence-electron chi connectivity index (χ4n) is 2.52. The maximum absolute atomic E-state index is 12.3. The Kier molecular flexibility index (Phi) is 4.87. The Hall–Kier alpha value is -1.70. The van der Waals surface area contributed by atoms with Crippen molar-refractivity contribution in [1.29, 1.82) is 0 Å². The van der Waals surface area contributed by atoms with E-state index in [1.54, 1.807) is 13.3 Å². The van der Waals surface area contributed by atoms with Gasteiger partial charge in [0.15, 0.2) is 0 Å². The van der Waals surface area contributed by atoms with Crippen molar-refractivity contribution in [3.63, 3.8) is 0 Å². The molecule has 1 fully saturated rings. The van der Waals surface area contributed by atoms with Gasteiger partial charge in [0.05, 0.1) is 36.0 Å². The average Bonchev–Trinajstić information content (AvgIpc) is 3.22. The Bertz CT molecular complexity index is 632. The van der Waals surface area contributed by atoms with Gasteiger partial charge in [-0.1, -0.05) is 0 Å². The smallest absolute Gasteiger partial charge is 0.266 e. The summed E-state index contributed by atoms with van der Waals surface area (Å²) in [6, 6.07) is 1.91. The van der Waals surface area contributed by atoms with E-state index in [1.165, 1.54) is 11.3 Å². The Balaban J connectivity index is 1.61. The predicted molar refractivity (Wildman–Crippen MR) is 84.2 cm³/mol. The molecule has 0 radical (unpaired) electrons. The van der Waals surface area contributed by atoms with Gasteiger partial charge >= 0.3 is 0 Å². The molecule has 0 aromatic carbocycles. The van der Waals surface area contributed by atoms with Crippen LogP contribution < -0.4 is 5.32 Å². The van der Waals surface area contributed by atoms with Crippen molar-refractivity contribution in [3.8, 4) is 0 Å². The number of nitrogens with one attached hydrogen (secondary N) is 1. The van der Waals surface area contributed by atoms with Crippen LogP contribution in [0.1, 0.15) is 28.1 Å². The molecule has 1 unspecified atom stereocenters. The van der Waals surface area contributed by atoms with Crippen molar-refractivity contribution in [2.75, 3.05) is 19.0 Å². The van der Waals surface area contributed by atoms with E-state index in [4.69, 9.17) is 9.47 Å². The number of hydrogen-bond donors (Lipinski definition) is 1. The minimum absolute atomic E-state index is 0.126. The molecule has 0 saturated carbocycles. The van der Waals surface area contributed by atoms with Crippen LogP contribution >= 0.6 is 11.3 Å². The summed E-state index contributed by atoms with van der Waals surface area (Å²) in [5.74, 6) is -0.126. The molecule has 0 spiro atoms. The molecule has 6 nitrogen and oxygen atoms in total. The van der Waals surface area contributed by atoms with Gasteiger partial charge < -0.3 is 14.8 Å². The van der Waals surface area contributed by atoms with Crippen LogP contribution in [0.5, 0.6) is 0 Å². The second kappa shape index (κ2) is 7.04. The number of anilines is 1. The van der Waals surface area contributed by atoms with Gasteiger partial charge in [-0.2, -0.15) is 5.10 Å². The third-order valence-corrected chi connectivity index (χ3v) is 4.51. The number of methoxy groups -OCH3 is 1. The van der Waals surface area contributed by atoms with Gasteiger partial charge in [-0.25, -0.2) is 0 Å². The molecule has 2 aromatic rings. The summed E-state index contributed by atoms with van der Waals surface area (Å²) < 4.78 is 12.5. The summed E-state index contributed by atoms with van der Waals surface area (Å²) in [5, 5.41) is 9.05. The zero-order valence-corrected chi connectivity index (χ0v) is 13.3. The van der Waals surface area contributed by atoms with Crippen molar-refractivity contribution in [3.05, 3.63) is 34.3 Å². The van der Waals surface area contributed by atoms with E-state index in [2.05, 4.69) is 10.4 Å². The highest BCUT2D eigenvalue weighted by molar-refractivity contribution is 7.12. The number of aromatic nitrogens is 2. The van der Waals surface area contributed by atoms with Crippen molar-refractivity contribution >= 4 is 22.9 Å². The zero-order valence-electron chi connectivity index (χ0n) is 12.4. The molecule has 7 heteroatoms. The molecule has 3 rings (SSSR count). The number of nitrogens with zero attached hydrogens (tertiary/aromatic N) is 2. The van der Waals surface area contributed by atoms with Crippen molar-refractivity contribution in [2.45, 2.75) is 32.1 Å². The largest absolute Gasteiger partial charge is 0.380 e. The molecular weight excluding hydrogens is 302 g/mol. The lowest BCUT2D eigenvalue weighted by Gasteiger charge is -2.08. The highest BCUT2D eigenvalue weighted by Gasteiger charge is 2.17. The third kappa shape index (κ3) is 3.55. The first-order valence-corrected chi connectivity index (χ1v) is 8.15. The number of rotatable bonds is 6. The molecule has 118 valence electrons. The van der Waals surface area contributed by atoms with Crippen molar-refractivity contribution in [2.24, 2.45) is 0 Å². The van der Waals surface area contributed by atoms with Crippen molar-refractivity contribution in [1.82, 2.24) is 9.78 Å². The fourth-order valence-corrected chi connectivity index (χ4v) is 3.32. The number of thiophene rings is 1. The Morgan fingerprint density at radius 3 is 3.32 bits per heavy atom. The van der Waals surface area contributed by atoms with Crippen LogP contribution in [0.2, 0.25) is 0 Å². The van der Waals surface area contributed by atoms with Crippen LogP contribution in [0.4, 0.5) is 5.69 Å². The normalized spacial score (nSPS) is 17.8. The second-order valence-corrected chi connectivity index (χ2v) is 6.16. The van der Waals surface area contributed by atoms with Gasteiger partial charge in [0.25, 0.3) is 5.91 Å². The van der Waals surface area contributed by atoms with Gasteiger partial charge in [-0.05, 0) is 24.3 Å². The topological polar surface area (TPSA) is 65.4 Å². The molecule has 2 aromatic heterocycles. The molecular formula is C15H19N3O3S. The Morgan fingerprint density at radius 1 is 1.64 bits per heavy atom. The first-order valence-electron chi connectivity index (χ1n) is 7.27. The van der Waals surface area contributed by atoms with Crippen LogP contribution in [-0.2, 0) is 22.6 Å². The Morgan fingerprint density at radius 2 is 2.55 bits per heavy atom. The minimum Gasteiger partial charge on any atom is -0.380 e. The first kappa shape index (κ1) is 15.2. The van der Waals surface area contributed by atoms with Gasteiger partial charge in [0.1, 0.15) is 0 Å². The van der Waals surface area contributed by atoms with Crippen LogP contribution in [0.3, 0.4) is 0 Å². The van der Waals surface area contributed by atoms with E-state index < -0.39 is 0 Å². The zero-order chi connectivity index (χ0) is 15.4. The van der Waals surface area contributed by atoms with E-state index in [0.29, 0.717) is 17.2 Å². The molecule has 1 aliphatic rings. The average molecular weight is 321 g/mol. The van der Waals surface area contributed by atoms with Gasteiger partial charge in [0.2, 0.25) is 0 Å². The lowest BCUT2D eigenvalue weighted by Crippen LogP contribution is -2.15.